The van der Waals surface area contributed by atoms with Gasteiger partial charge >= 0.3 is 0 Å². The van der Waals surface area contributed by atoms with Crippen molar-refractivity contribution in [2.45, 2.75) is 24.9 Å². The van der Waals surface area contributed by atoms with Gasteiger partial charge in [-0.05, 0) is 79.0 Å². The maximum absolute atomic E-state index is 13.5. The van der Waals surface area contributed by atoms with Crippen LogP contribution in [0.15, 0.2) is 72.8 Å². The molecule has 3 aromatic carbocycles. The molecule has 1 unspecified atom stereocenters. The quantitative estimate of drug-likeness (QED) is 0.386. The fourth-order valence-electron chi connectivity index (χ4n) is 4.80. The van der Waals surface area contributed by atoms with Crippen LogP contribution >= 0.6 is 0 Å². The molecule has 1 heterocycles. The second-order valence-electron chi connectivity index (χ2n) is 9.48. The summed E-state index contributed by atoms with van der Waals surface area (Å²) in [5, 5.41) is 13.5. The molecule has 0 bridgehead atoms. The molecule has 0 aromatic heterocycles. The SMILES string of the molecule is OC(CNc1ccc(F)cc1)CN1CCN(CCCC(c2ccc(F)cc2)c2ccc(F)cc2)CC1. The number of aliphatic hydroxyl groups is 1. The van der Waals surface area contributed by atoms with Crippen molar-refractivity contribution in [1.82, 2.24) is 9.80 Å². The third-order valence-electron chi connectivity index (χ3n) is 6.83. The summed E-state index contributed by atoms with van der Waals surface area (Å²) >= 11 is 0. The minimum absolute atomic E-state index is 0.0937. The topological polar surface area (TPSA) is 38.7 Å². The molecule has 1 aliphatic rings. The van der Waals surface area contributed by atoms with E-state index in [0.29, 0.717) is 13.1 Å². The Hall–Kier alpha value is -2.87. The number of anilines is 1. The van der Waals surface area contributed by atoms with Crippen molar-refractivity contribution < 1.29 is 18.3 Å². The normalized spacial score (nSPS) is 15.8. The average Bonchev–Trinajstić information content (AvgIpc) is 2.89. The van der Waals surface area contributed by atoms with E-state index in [9.17, 15) is 18.3 Å². The standard InChI is InChI=1S/C29H34F3N3O/c30-24-7-3-22(4-8-24)29(23-5-9-25(31)10-6-23)2-1-15-34-16-18-35(19-17-34)21-28(36)20-33-27-13-11-26(32)12-14-27/h3-14,28-29,33,36H,1-2,15-21H2. The van der Waals surface area contributed by atoms with Crippen molar-refractivity contribution in [2.24, 2.45) is 0 Å². The first-order valence-corrected chi connectivity index (χ1v) is 12.6. The van der Waals surface area contributed by atoms with E-state index in [4.69, 9.17) is 0 Å². The van der Waals surface area contributed by atoms with Gasteiger partial charge in [-0.2, -0.15) is 0 Å². The van der Waals surface area contributed by atoms with Gasteiger partial charge < -0.3 is 15.3 Å². The van der Waals surface area contributed by atoms with Gasteiger partial charge in [0.2, 0.25) is 0 Å². The average molecular weight is 498 g/mol. The van der Waals surface area contributed by atoms with Gasteiger partial charge in [-0.3, -0.25) is 4.90 Å². The van der Waals surface area contributed by atoms with Gasteiger partial charge in [-0.25, -0.2) is 13.2 Å². The van der Waals surface area contributed by atoms with Crippen LogP contribution in [0.2, 0.25) is 0 Å². The van der Waals surface area contributed by atoms with Gasteiger partial charge in [0.1, 0.15) is 17.5 Å². The minimum Gasteiger partial charge on any atom is -0.390 e. The highest BCUT2D eigenvalue weighted by Gasteiger charge is 2.20. The highest BCUT2D eigenvalue weighted by molar-refractivity contribution is 5.42. The number of hydrogen-bond acceptors (Lipinski definition) is 4. The van der Waals surface area contributed by atoms with Gasteiger partial charge in [-0.15, -0.1) is 0 Å². The highest BCUT2D eigenvalue weighted by atomic mass is 19.1. The lowest BCUT2D eigenvalue weighted by molar-refractivity contribution is 0.0776. The summed E-state index contributed by atoms with van der Waals surface area (Å²) < 4.78 is 39.9. The summed E-state index contributed by atoms with van der Waals surface area (Å²) in [6, 6.07) is 19.3. The van der Waals surface area contributed by atoms with Crippen LogP contribution in [0.1, 0.15) is 29.9 Å². The molecule has 2 N–H and O–H groups in total. The summed E-state index contributed by atoms with van der Waals surface area (Å²) in [5.41, 5.74) is 2.87. The van der Waals surface area contributed by atoms with Gasteiger partial charge in [0, 0.05) is 50.9 Å². The van der Waals surface area contributed by atoms with Crippen LogP contribution in [0.4, 0.5) is 18.9 Å². The first-order chi connectivity index (χ1) is 17.5. The van der Waals surface area contributed by atoms with E-state index in [1.165, 1.54) is 36.4 Å². The maximum Gasteiger partial charge on any atom is 0.123 e. The van der Waals surface area contributed by atoms with E-state index in [-0.39, 0.29) is 23.4 Å². The lowest BCUT2D eigenvalue weighted by Gasteiger charge is -2.36. The number of nitrogens with one attached hydrogen (secondary N) is 1. The number of benzene rings is 3. The van der Waals surface area contributed by atoms with Gasteiger partial charge in [0.15, 0.2) is 0 Å². The molecule has 0 radical (unpaired) electrons. The third-order valence-corrected chi connectivity index (χ3v) is 6.83. The molecule has 4 nitrogen and oxygen atoms in total. The fourth-order valence-corrected chi connectivity index (χ4v) is 4.80. The van der Waals surface area contributed by atoms with E-state index in [1.54, 1.807) is 12.1 Å². The smallest absolute Gasteiger partial charge is 0.123 e. The number of halogens is 3. The molecule has 36 heavy (non-hydrogen) atoms. The Morgan fingerprint density at radius 1 is 0.694 bits per heavy atom. The number of hydrogen-bond donors (Lipinski definition) is 2. The Kier molecular flexibility index (Phi) is 9.39. The van der Waals surface area contributed by atoms with E-state index in [1.807, 2.05) is 24.3 Å². The first-order valence-electron chi connectivity index (χ1n) is 12.6. The van der Waals surface area contributed by atoms with E-state index in [2.05, 4.69) is 15.1 Å². The number of β-amino-alcohol motifs (C(OH)–C–C–N with tert-alkyl or cyclic N) is 1. The van der Waals surface area contributed by atoms with Crippen molar-refractivity contribution in [3.8, 4) is 0 Å². The Bertz CT molecular complexity index is 1010. The van der Waals surface area contributed by atoms with Crippen molar-refractivity contribution in [2.75, 3.05) is 51.1 Å². The Morgan fingerprint density at radius 2 is 1.17 bits per heavy atom. The summed E-state index contributed by atoms with van der Waals surface area (Å²) in [6.07, 6.45) is 1.36. The molecule has 3 aromatic rings. The first kappa shape index (κ1) is 26.2. The number of aliphatic hydroxyl groups excluding tert-OH is 1. The Balaban J connectivity index is 1.20. The zero-order chi connectivity index (χ0) is 25.3. The second-order valence-corrected chi connectivity index (χ2v) is 9.48. The summed E-state index contributed by atoms with van der Waals surface area (Å²) in [4.78, 5) is 4.71. The molecule has 1 saturated heterocycles. The van der Waals surface area contributed by atoms with Crippen molar-refractivity contribution in [1.29, 1.82) is 0 Å². The molecule has 0 spiro atoms. The Labute approximate surface area is 211 Å². The van der Waals surface area contributed by atoms with Crippen LogP contribution in [-0.2, 0) is 0 Å². The van der Waals surface area contributed by atoms with Gasteiger partial charge in [0.05, 0.1) is 6.10 Å². The van der Waals surface area contributed by atoms with Crippen LogP contribution in [0, 0.1) is 17.5 Å². The summed E-state index contributed by atoms with van der Waals surface area (Å²) in [7, 11) is 0. The highest BCUT2D eigenvalue weighted by Crippen LogP contribution is 2.30. The lowest BCUT2D eigenvalue weighted by Crippen LogP contribution is -2.49. The largest absolute Gasteiger partial charge is 0.390 e. The zero-order valence-electron chi connectivity index (χ0n) is 20.4. The van der Waals surface area contributed by atoms with Crippen LogP contribution in [0.5, 0.6) is 0 Å². The molecular formula is C29H34F3N3O. The molecule has 192 valence electrons. The summed E-state index contributed by atoms with van der Waals surface area (Å²) in [6.45, 7) is 5.65. The molecule has 0 aliphatic carbocycles. The third kappa shape index (κ3) is 7.82. The molecule has 7 heteroatoms. The zero-order valence-corrected chi connectivity index (χ0v) is 20.4. The predicted molar refractivity (Wildman–Crippen MR) is 138 cm³/mol. The monoisotopic (exact) mass is 497 g/mol. The number of piperazine rings is 1. The Morgan fingerprint density at radius 3 is 1.69 bits per heavy atom. The minimum atomic E-state index is -0.506. The second kappa shape index (κ2) is 12.9. The van der Waals surface area contributed by atoms with E-state index < -0.39 is 6.10 Å². The van der Waals surface area contributed by atoms with Crippen molar-refractivity contribution in [3.05, 3.63) is 101 Å². The van der Waals surface area contributed by atoms with Crippen LogP contribution in [-0.4, -0.2) is 66.8 Å². The molecule has 0 amide bonds. The van der Waals surface area contributed by atoms with E-state index >= 15 is 0 Å². The molecule has 4 rings (SSSR count). The van der Waals surface area contributed by atoms with Crippen LogP contribution < -0.4 is 5.32 Å². The van der Waals surface area contributed by atoms with Gasteiger partial charge in [0.25, 0.3) is 0 Å². The predicted octanol–water partition coefficient (Wildman–Crippen LogP) is 5.11. The van der Waals surface area contributed by atoms with E-state index in [0.717, 1.165) is 62.4 Å². The molecule has 1 atom stereocenters. The molecular weight excluding hydrogens is 463 g/mol. The fraction of sp³-hybridized carbons (Fsp3) is 0.379. The number of rotatable bonds is 11. The lowest BCUT2D eigenvalue weighted by atomic mass is 9.87. The van der Waals surface area contributed by atoms with Crippen LogP contribution in [0.25, 0.3) is 0 Å². The number of nitrogens with zero attached hydrogens (tertiary/aromatic N) is 2. The molecule has 1 aliphatic heterocycles. The maximum atomic E-state index is 13.5. The molecule has 0 saturated carbocycles. The summed E-state index contributed by atoms with van der Waals surface area (Å²) in [5.74, 6) is -0.701. The van der Waals surface area contributed by atoms with Crippen LogP contribution in [0.3, 0.4) is 0 Å². The molecule has 1 fully saturated rings. The van der Waals surface area contributed by atoms with Gasteiger partial charge in [-0.1, -0.05) is 24.3 Å². The van der Waals surface area contributed by atoms with Crippen molar-refractivity contribution >= 4 is 5.69 Å². The van der Waals surface area contributed by atoms with Crippen molar-refractivity contribution in [3.63, 3.8) is 0 Å².